The van der Waals surface area contributed by atoms with E-state index in [1.165, 1.54) is 12.4 Å². The van der Waals surface area contributed by atoms with Crippen LogP contribution in [0.15, 0.2) is 53.8 Å². The monoisotopic (exact) mass is 476 g/mol. The topological polar surface area (TPSA) is 119 Å². The number of nitriles is 1. The number of pyridine rings is 1. The summed E-state index contributed by atoms with van der Waals surface area (Å²) < 4.78 is 14.0. The Hall–Kier alpha value is -3.39. The van der Waals surface area contributed by atoms with Crippen LogP contribution >= 0.6 is 0 Å². The number of benzene rings is 1. The Morgan fingerprint density at radius 1 is 1.09 bits per heavy atom. The van der Waals surface area contributed by atoms with Crippen molar-refractivity contribution in [3.8, 4) is 17.2 Å². The molecule has 0 bridgehead atoms. The maximum Gasteiger partial charge on any atom is 0.158 e. The highest BCUT2D eigenvalue weighted by molar-refractivity contribution is 7.82. The van der Waals surface area contributed by atoms with E-state index in [1.807, 2.05) is 42.6 Å². The van der Waals surface area contributed by atoms with Crippen molar-refractivity contribution in [2.45, 2.75) is 17.7 Å². The van der Waals surface area contributed by atoms with Gasteiger partial charge in [-0.2, -0.15) is 5.26 Å². The highest BCUT2D eigenvalue weighted by atomic mass is 32.2. The third kappa shape index (κ3) is 5.94. The molecule has 3 heterocycles. The van der Waals surface area contributed by atoms with E-state index in [9.17, 15) is 4.21 Å². The Kier molecular flexibility index (Phi) is 7.80. The van der Waals surface area contributed by atoms with Crippen molar-refractivity contribution in [1.82, 2.24) is 24.6 Å². The molecule has 9 nitrogen and oxygen atoms in total. The van der Waals surface area contributed by atoms with Gasteiger partial charge in [0.05, 0.1) is 17.3 Å². The first-order valence-corrected chi connectivity index (χ1v) is 12.3. The molecule has 1 aliphatic rings. The molecule has 0 aliphatic carbocycles. The van der Waals surface area contributed by atoms with E-state index in [0.29, 0.717) is 17.6 Å². The Balaban J connectivity index is 1.59. The van der Waals surface area contributed by atoms with Crippen LogP contribution < -0.4 is 16.0 Å². The van der Waals surface area contributed by atoms with Crippen LogP contribution in [-0.4, -0.2) is 57.2 Å². The van der Waals surface area contributed by atoms with Gasteiger partial charge in [-0.1, -0.05) is 12.1 Å². The highest BCUT2D eigenvalue weighted by Crippen LogP contribution is 2.31. The van der Waals surface area contributed by atoms with Gasteiger partial charge in [-0.3, -0.25) is 0 Å². The first-order chi connectivity index (χ1) is 16.5. The summed E-state index contributed by atoms with van der Waals surface area (Å²) in [5.41, 5.74) is 3.17. The molecule has 1 fully saturated rings. The number of nitrogens with zero attached hydrogens (tertiary/aromatic N) is 5. The molecule has 0 spiro atoms. The molecule has 3 N–H and O–H groups in total. The van der Waals surface area contributed by atoms with E-state index in [1.54, 1.807) is 18.4 Å². The molecule has 176 valence electrons. The quantitative estimate of drug-likeness (QED) is 0.454. The first kappa shape index (κ1) is 23.8. The van der Waals surface area contributed by atoms with E-state index >= 15 is 0 Å². The van der Waals surface area contributed by atoms with Crippen LogP contribution in [0.2, 0.25) is 0 Å². The van der Waals surface area contributed by atoms with Crippen LogP contribution in [0.5, 0.6) is 0 Å². The van der Waals surface area contributed by atoms with Gasteiger partial charge in [0.1, 0.15) is 28.7 Å². The first-order valence-electron chi connectivity index (χ1n) is 11.2. The Bertz CT molecular complexity index is 1170. The second-order valence-corrected chi connectivity index (χ2v) is 10.00. The van der Waals surface area contributed by atoms with E-state index in [0.717, 1.165) is 54.2 Å². The molecule has 1 aliphatic heterocycles. The summed E-state index contributed by atoms with van der Waals surface area (Å²) in [7, 11) is 2.40. The predicted octanol–water partition coefficient (Wildman–Crippen LogP) is 3.15. The second-order valence-electron chi connectivity index (χ2n) is 8.30. The zero-order valence-electron chi connectivity index (χ0n) is 19.3. The number of nitrogens with one attached hydrogen (secondary N) is 3. The van der Waals surface area contributed by atoms with Crippen molar-refractivity contribution in [3.63, 3.8) is 0 Å². The van der Waals surface area contributed by atoms with Crippen LogP contribution in [0.25, 0.3) is 11.1 Å². The fourth-order valence-electron chi connectivity index (χ4n) is 3.78. The van der Waals surface area contributed by atoms with Gasteiger partial charge in [0, 0.05) is 30.1 Å². The minimum atomic E-state index is -1.19. The summed E-state index contributed by atoms with van der Waals surface area (Å²) in [6, 6.07) is 11.7. The lowest BCUT2D eigenvalue weighted by Gasteiger charge is -2.24. The van der Waals surface area contributed by atoms with Gasteiger partial charge in [0.25, 0.3) is 0 Å². The van der Waals surface area contributed by atoms with E-state index in [2.05, 4.69) is 30.9 Å². The molecule has 1 unspecified atom stereocenters. The maximum atomic E-state index is 12.4. The lowest BCUT2D eigenvalue weighted by Crippen LogP contribution is -2.31. The lowest BCUT2D eigenvalue weighted by atomic mass is 9.97. The van der Waals surface area contributed by atoms with Gasteiger partial charge < -0.3 is 16.0 Å². The SMILES string of the molecule is CN(C)S(=O)c1ccc(-c2cnc(Nc3cnc(C#N)cn3)cc2NCC2CCNCC2)cc1. The highest BCUT2D eigenvalue weighted by Gasteiger charge is 2.15. The number of aromatic nitrogens is 3. The number of hydrogen-bond donors (Lipinski definition) is 3. The summed E-state index contributed by atoms with van der Waals surface area (Å²) in [6.07, 6.45) is 7.04. The Labute approximate surface area is 202 Å². The molecule has 0 amide bonds. The van der Waals surface area contributed by atoms with Crippen LogP contribution in [0.4, 0.5) is 17.3 Å². The number of rotatable bonds is 8. The molecule has 4 rings (SSSR count). The van der Waals surface area contributed by atoms with E-state index < -0.39 is 11.0 Å². The summed E-state index contributed by atoms with van der Waals surface area (Å²) in [4.78, 5) is 13.6. The largest absolute Gasteiger partial charge is 0.384 e. The predicted molar refractivity (Wildman–Crippen MR) is 134 cm³/mol. The third-order valence-corrected chi connectivity index (χ3v) is 7.00. The zero-order valence-corrected chi connectivity index (χ0v) is 20.1. The maximum absolute atomic E-state index is 12.4. The molecule has 3 aromatic rings. The molecule has 1 atom stereocenters. The van der Waals surface area contributed by atoms with Crippen molar-refractivity contribution in [2.24, 2.45) is 5.92 Å². The van der Waals surface area contributed by atoms with Gasteiger partial charge in [-0.15, -0.1) is 0 Å². The van der Waals surface area contributed by atoms with E-state index in [4.69, 9.17) is 5.26 Å². The van der Waals surface area contributed by atoms with Crippen LogP contribution in [0.3, 0.4) is 0 Å². The zero-order chi connectivity index (χ0) is 23.9. The average Bonchev–Trinajstić information content (AvgIpc) is 2.88. The van der Waals surface area contributed by atoms with Crippen molar-refractivity contribution < 1.29 is 4.21 Å². The molecule has 2 aromatic heterocycles. The van der Waals surface area contributed by atoms with Gasteiger partial charge in [0.15, 0.2) is 5.69 Å². The molecule has 10 heteroatoms. The second kappa shape index (κ2) is 11.2. The van der Waals surface area contributed by atoms with Gasteiger partial charge >= 0.3 is 0 Å². The number of anilines is 3. The summed E-state index contributed by atoms with van der Waals surface area (Å²) in [5.74, 6) is 1.74. The number of hydrogen-bond acceptors (Lipinski definition) is 8. The molecular formula is C24H28N8OS. The molecule has 0 radical (unpaired) electrons. The molecular weight excluding hydrogens is 448 g/mol. The van der Waals surface area contributed by atoms with Gasteiger partial charge in [0.2, 0.25) is 0 Å². The minimum absolute atomic E-state index is 0.261. The Morgan fingerprint density at radius 3 is 2.47 bits per heavy atom. The van der Waals surface area contributed by atoms with Gasteiger partial charge in [-0.05, 0) is 63.6 Å². The van der Waals surface area contributed by atoms with Crippen molar-refractivity contribution in [1.29, 1.82) is 5.26 Å². The number of piperidine rings is 1. The minimum Gasteiger partial charge on any atom is -0.384 e. The van der Waals surface area contributed by atoms with Crippen LogP contribution in [0.1, 0.15) is 18.5 Å². The third-order valence-electron chi connectivity index (χ3n) is 5.67. The van der Waals surface area contributed by atoms with E-state index in [-0.39, 0.29) is 5.69 Å². The normalized spacial score (nSPS) is 15.0. The van der Waals surface area contributed by atoms with Crippen LogP contribution in [0, 0.1) is 17.2 Å². The summed E-state index contributed by atoms with van der Waals surface area (Å²) >= 11 is 0. The van der Waals surface area contributed by atoms with Crippen molar-refractivity contribution in [3.05, 3.63) is 54.6 Å². The standard InChI is InChI=1S/C24H28N8OS/c1-32(2)34(33)20-5-3-18(4-6-20)21-15-30-23(31-24-16-27-19(12-25)14-29-24)11-22(21)28-13-17-7-9-26-10-8-17/h3-6,11,14-17,26H,7-10,13H2,1-2H3,(H2,28,29,30,31). The van der Waals surface area contributed by atoms with Crippen molar-refractivity contribution >= 4 is 28.3 Å². The molecule has 34 heavy (non-hydrogen) atoms. The fourth-order valence-corrected chi connectivity index (χ4v) is 4.57. The lowest BCUT2D eigenvalue weighted by molar-refractivity contribution is 0.390. The Morgan fingerprint density at radius 2 is 1.82 bits per heavy atom. The molecule has 1 saturated heterocycles. The van der Waals surface area contributed by atoms with Crippen molar-refractivity contribution in [2.75, 3.05) is 44.4 Å². The summed E-state index contributed by atoms with van der Waals surface area (Å²) in [5, 5.41) is 19.1. The average molecular weight is 477 g/mol. The van der Waals surface area contributed by atoms with Gasteiger partial charge in [-0.25, -0.2) is 23.5 Å². The molecule has 0 saturated carbocycles. The smallest absolute Gasteiger partial charge is 0.158 e. The van der Waals surface area contributed by atoms with Crippen LogP contribution in [-0.2, 0) is 11.0 Å². The molecule has 1 aromatic carbocycles. The summed E-state index contributed by atoms with van der Waals surface area (Å²) in [6.45, 7) is 2.96. The fraction of sp³-hybridized carbons (Fsp3) is 0.333.